The molecular formula is C20H29Cl2N3O. The molecule has 2 N–H and O–H groups in total. The van der Waals surface area contributed by atoms with Gasteiger partial charge < -0.3 is 10.6 Å². The monoisotopic (exact) mass is 397 g/mol. The molecule has 1 aliphatic rings. The molecule has 1 amide bonds. The first kappa shape index (κ1) is 22.7. The van der Waals surface area contributed by atoms with Gasteiger partial charge in [0.2, 0.25) is 0 Å². The lowest BCUT2D eigenvalue weighted by Crippen LogP contribution is -2.39. The third-order valence-corrected chi connectivity index (χ3v) is 4.77. The van der Waals surface area contributed by atoms with Crippen LogP contribution < -0.4 is 5.73 Å². The summed E-state index contributed by atoms with van der Waals surface area (Å²) < 4.78 is 0. The van der Waals surface area contributed by atoms with Crippen molar-refractivity contribution in [1.29, 1.82) is 0 Å². The average Bonchev–Trinajstić information content (AvgIpc) is 3.37. The van der Waals surface area contributed by atoms with E-state index in [1.54, 1.807) is 4.90 Å². The smallest absolute Gasteiger partial charge is 0.254 e. The van der Waals surface area contributed by atoms with Crippen LogP contribution in [0.3, 0.4) is 0 Å². The van der Waals surface area contributed by atoms with E-state index in [0.717, 1.165) is 27.7 Å². The van der Waals surface area contributed by atoms with Gasteiger partial charge in [0.1, 0.15) is 0 Å². The van der Waals surface area contributed by atoms with Crippen molar-refractivity contribution in [2.75, 3.05) is 20.1 Å². The zero-order valence-corrected chi connectivity index (χ0v) is 17.5. The molecule has 4 nitrogen and oxygen atoms in total. The first-order valence-electron chi connectivity index (χ1n) is 8.67. The molecule has 144 valence electrons. The van der Waals surface area contributed by atoms with Crippen molar-refractivity contribution in [2.45, 2.75) is 39.5 Å². The molecule has 0 atom stereocenters. The van der Waals surface area contributed by atoms with Gasteiger partial charge in [0.15, 0.2) is 0 Å². The summed E-state index contributed by atoms with van der Waals surface area (Å²) in [5.41, 5.74) is 9.61. The molecule has 1 heterocycles. The second kappa shape index (κ2) is 8.55. The maximum atomic E-state index is 13.1. The van der Waals surface area contributed by atoms with Crippen LogP contribution in [-0.4, -0.2) is 35.9 Å². The molecule has 1 saturated carbocycles. The third kappa shape index (κ3) is 4.87. The van der Waals surface area contributed by atoms with Crippen LogP contribution in [0.4, 0.5) is 0 Å². The molecule has 0 spiro atoms. The summed E-state index contributed by atoms with van der Waals surface area (Å²) in [5.74, 6) is 0.574. The number of nitrogens with zero attached hydrogens (tertiary/aromatic N) is 2. The average molecular weight is 398 g/mol. The number of halogens is 2. The van der Waals surface area contributed by atoms with Crippen molar-refractivity contribution in [2.24, 2.45) is 11.1 Å². The Morgan fingerprint density at radius 1 is 1.27 bits per heavy atom. The van der Waals surface area contributed by atoms with Crippen molar-refractivity contribution < 1.29 is 4.79 Å². The summed E-state index contributed by atoms with van der Waals surface area (Å²) in [6, 6.07) is 8.15. The first-order valence-corrected chi connectivity index (χ1v) is 8.67. The van der Waals surface area contributed by atoms with Crippen molar-refractivity contribution in [1.82, 2.24) is 9.88 Å². The number of pyridine rings is 1. The SMILES string of the molecule is Cc1ccc2nc(C3CC3)cc(C(=O)N(C)CC(C)(C)CN)c2c1.Cl.Cl. The normalized spacial score (nSPS) is 13.7. The predicted octanol–water partition coefficient (Wildman–Crippen LogP) is 4.32. The van der Waals surface area contributed by atoms with Gasteiger partial charge in [-0.3, -0.25) is 9.78 Å². The molecular weight excluding hydrogens is 369 g/mol. The van der Waals surface area contributed by atoms with Gasteiger partial charge in [-0.1, -0.05) is 25.5 Å². The van der Waals surface area contributed by atoms with E-state index in [9.17, 15) is 4.79 Å². The Balaban J connectivity index is 0.00000169. The molecule has 0 bridgehead atoms. The van der Waals surface area contributed by atoms with Gasteiger partial charge in [-0.2, -0.15) is 0 Å². The molecule has 6 heteroatoms. The van der Waals surface area contributed by atoms with Gasteiger partial charge in [-0.05, 0) is 49.9 Å². The van der Waals surface area contributed by atoms with Gasteiger partial charge >= 0.3 is 0 Å². The molecule has 0 radical (unpaired) electrons. The van der Waals surface area contributed by atoms with E-state index in [1.165, 1.54) is 12.8 Å². The summed E-state index contributed by atoms with van der Waals surface area (Å²) in [7, 11) is 1.86. The zero-order chi connectivity index (χ0) is 17.5. The van der Waals surface area contributed by atoms with E-state index < -0.39 is 0 Å². The van der Waals surface area contributed by atoms with Crippen LogP contribution in [0.15, 0.2) is 24.3 Å². The van der Waals surface area contributed by atoms with Gasteiger partial charge in [-0.15, -0.1) is 24.8 Å². The standard InChI is InChI=1S/C20H27N3O.2ClH/c1-13-5-8-17-15(9-13)16(10-18(22-17)14-6-7-14)19(24)23(4)12-20(2,3)11-21;;/h5,8-10,14H,6-7,11-12,21H2,1-4H3;2*1H. The number of carbonyl (C=O) groups is 1. The van der Waals surface area contributed by atoms with Crippen LogP contribution in [0.25, 0.3) is 10.9 Å². The lowest BCUT2D eigenvalue weighted by atomic mass is 9.93. The van der Waals surface area contributed by atoms with E-state index in [2.05, 4.69) is 26.0 Å². The molecule has 0 saturated heterocycles. The van der Waals surface area contributed by atoms with Crippen molar-refractivity contribution in [3.05, 3.63) is 41.1 Å². The summed E-state index contributed by atoms with van der Waals surface area (Å²) in [6.07, 6.45) is 2.35. The zero-order valence-electron chi connectivity index (χ0n) is 15.9. The number of hydrogen-bond donors (Lipinski definition) is 1. The molecule has 2 aromatic rings. The number of rotatable bonds is 5. The maximum absolute atomic E-state index is 13.1. The van der Waals surface area contributed by atoms with Crippen molar-refractivity contribution in [3.63, 3.8) is 0 Å². The van der Waals surface area contributed by atoms with E-state index in [0.29, 0.717) is 19.0 Å². The molecule has 1 aromatic heterocycles. The largest absolute Gasteiger partial charge is 0.341 e. The Labute approximate surface area is 168 Å². The Kier molecular flexibility index (Phi) is 7.46. The van der Waals surface area contributed by atoms with Crippen LogP contribution in [0.5, 0.6) is 0 Å². The molecule has 0 unspecified atom stereocenters. The minimum absolute atomic E-state index is 0. The maximum Gasteiger partial charge on any atom is 0.254 e. The van der Waals surface area contributed by atoms with Gasteiger partial charge in [0, 0.05) is 30.6 Å². The highest BCUT2D eigenvalue weighted by Crippen LogP contribution is 2.40. The fourth-order valence-electron chi connectivity index (χ4n) is 3.11. The Morgan fingerprint density at radius 2 is 1.92 bits per heavy atom. The third-order valence-electron chi connectivity index (χ3n) is 4.77. The molecule has 1 aromatic carbocycles. The number of aryl methyl sites for hydroxylation is 1. The van der Waals surface area contributed by atoms with Gasteiger partial charge in [-0.25, -0.2) is 0 Å². The van der Waals surface area contributed by atoms with Crippen molar-refractivity contribution in [3.8, 4) is 0 Å². The number of amides is 1. The molecule has 26 heavy (non-hydrogen) atoms. The number of benzene rings is 1. The lowest BCUT2D eigenvalue weighted by molar-refractivity contribution is 0.0742. The lowest BCUT2D eigenvalue weighted by Gasteiger charge is -2.29. The number of hydrogen-bond acceptors (Lipinski definition) is 3. The van der Waals surface area contributed by atoms with Crippen LogP contribution in [0.2, 0.25) is 0 Å². The number of aromatic nitrogens is 1. The van der Waals surface area contributed by atoms with E-state index in [4.69, 9.17) is 10.7 Å². The van der Waals surface area contributed by atoms with E-state index in [-0.39, 0.29) is 36.1 Å². The highest BCUT2D eigenvalue weighted by Gasteiger charge is 2.28. The van der Waals surface area contributed by atoms with Crippen LogP contribution in [0.1, 0.15) is 54.2 Å². The summed E-state index contributed by atoms with van der Waals surface area (Å²) in [5, 5.41) is 0.946. The minimum atomic E-state index is -0.0948. The number of fused-ring (bicyclic) bond motifs is 1. The Bertz CT molecular complexity index is 788. The minimum Gasteiger partial charge on any atom is -0.341 e. The fourth-order valence-corrected chi connectivity index (χ4v) is 3.11. The first-order chi connectivity index (χ1) is 11.3. The summed E-state index contributed by atoms with van der Waals surface area (Å²) in [6.45, 7) is 7.40. The Morgan fingerprint density at radius 3 is 2.50 bits per heavy atom. The molecule has 1 fully saturated rings. The second-order valence-corrected chi connectivity index (χ2v) is 7.92. The molecule has 1 aliphatic carbocycles. The van der Waals surface area contributed by atoms with Crippen LogP contribution >= 0.6 is 24.8 Å². The quantitative estimate of drug-likeness (QED) is 0.816. The Hall–Kier alpha value is -1.36. The van der Waals surface area contributed by atoms with E-state index in [1.807, 2.05) is 26.1 Å². The van der Waals surface area contributed by atoms with Crippen molar-refractivity contribution >= 4 is 41.6 Å². The van der Waals surface area contributed by atoms with Gasteiger partial charge in [0.05, 0.1) is 11.1 Å². The summed E-state index contributed by atoms with van der Waals surface area (Å²) in [4.78, 5) is 19.7. The molecule has 3 rings (SSSR count). The van der Waals surface area contributed by atoms with Crippen LogP contribution in [0, 0.1) is 12.3 Å². The topological polar surface area (TPSA) is 59.2 Å². The van der Waals surface area contributed by atoms with E-state index >= 15 is 0 Å². The summed E-state index contributed by atoms with van der Waals surface area (Å²) >= 11 is 0. The van der Waals surface area contributed by atoms with Crippen LogP contribution in [-0.2, 0) is 0 Å². The highest BCUT2D eigenvalue weighted by molar-refractivity contribution is 6.06. The molecule has 0 aliphatic heterocycles. The number of carbonyl (C=O) groups excluding carboxylic acids is 1. The predicted molar refractivity (Wildman–Crippen MR) is 113 cm³/mol. The highest BCUT2D eigenvalue weighted by atomic mass is 35.5. The van der Waals surface area contributed by atoms with Gasteiger partial charge in [0.25, 0.3) is 5.91 Å². The fraction of sp³-hybridized carbons (Fsp3) is 0.500. The second-order valence-electron chi connectivity index (χ2n) is 7.92. The number of nitrogens with two attached hydrogens (primary N) is 1.